The first-order valence-electron chi connectivity index (χ1n) is 8.03. The largest absolute Gasteiger partial charge is 0.329 e. The third-order valence-corrected chi connectivity index (χ3v) is 5.15. The summed E-state index contributed by atoms with van der Waals surface area (Å²) in [6.07, 6.45) is 0.784. The molecular weight excluding hydrogens is 376 g/mol. The van der Waals surface area contributed by atoms with Crippen molar-refractivity contribution in [3.63, 3.8) is 0 Å². The lowest BCUT2D eigenvalue weighted by atomic mass is 10.1. The van der Waals surface area contributed by atoms with Crippen LogP contribution >= 0.6 is 23.4 Å². The van der Waals surface area contributed by atoms with E-state index in [2.05, 4.69) is 9.97 Å². The molecule has 26 heavy (non-hydrogen) atoms. The van der Waals surface area contributed by atoms with Gasteiger partial charge in [-0.05, 0) is 30.7 Å². The van der Waals surface area contributed by atoms with E-state index >= 15 is 0 Å². The number of aromatic nitrogens is 4. The maximum absolute atomic E-state index is 12.4. The number of hydrogen-bond acceptors (Lipinski definition) is 5. The van der Waals surface area contributed by atoms with Crippen LogP contribution in [0.5, 0.6) is 0 Å². The molecule has 0 aliphatic heterocycles. The second-order valence-corrected chi connectivity index (χ2v) is 7.13. The van der Waals surface area contributed by atoms with Crippen LogP contribution in [-0.4, -0.2) is 30.6 Å². The minimum atomic E-state index is -0.516. The van der Waals surface area contributed by atoms with Crippen LogP contribution < -0.4 is 11.2 Å². The highest BCUT2D eigenvalue weighted by Crippen LogP contribution is 2.23. The number of fused-ring (bicyclic) bond motifs is 1. The van der Waals surface area contributed by atoms with E-state index in [4.69, 9.17) is 11.6 Å². The van der Waals surface area contributed by atoms with Gasteiger partial charge in [-0.3, -0.25) is 19.1 Å². The molecule has 0 spiro atoms. The summed E-state index contributed by atoms with van der Waals surface area (Å²) in [6.45, 7) is 2.55. The number of carbonyl (C=O) groups is 1. The van der Waals surface area contributed by atoms with Crippen LogP contribution in [0.15, 0.2) is 39.0 Å². The topological polar surface area (TPSA) is 89.8 Å². The first-order chi connectivity index (χ1) is 12.4. The van der Waals surface area contributed by atoms with Crippen molar-refractivity contribution >= 4 is 40.3 Å². The molecule has 9 heteroatoms. The molecule has 1 N–H and O–H groups in total. The normalized spacial score (nSPS) is 11.2. The van der Waals surface area contributed by atoms with Crippen LogP contribution in [0.25, 0.3) is 11.2 Å². The van der Waals surface area contributed by atoms with Crippen molar-refractivity contribution in [3.8, 4) is 0 Å². The molecule has 0 saturated carbocycles. The first kappa shape index (κ1) is 18.5. The monoisotopic (exact) mass is 392 g/mol. The van der Waals surface area contributed by atoms with E-state index < -0.39 is 11.2 Å². The molecule has 0 saturated heterocycles. The van der Waals surface area contributed by atoms with E-state index in [-0.39, 0.29) is 11.5 Å². The average molecular weight is 393 g/mol. The lowest BCUT2D eigenvalue weighted by molar-refractivity contribution is 0.102. The van der Waals surface area contributed by atoms with Gasteiger partial charge in [0, 0.05) is 24.2 Å². The van der Waals surface area contributed by atoms with E-state index in [0.717, 1.165) is 6.42 Å². The van der Waals surface area contributed by atoms with Crippen molar-refractivity contribution in [1.82, 2.24) is 19.1 Å². The van der Waals surface area contributed by atoms with E-state index in [1.807, 2.05) is 6.92 Å². The summed E-state index contributed by atoms with van der Waals surface area (Å²) in [7, 11) is 1.55. The summed E-state index contributed by atoms with van der Waals surface area (Å²) < 4.78 is 3.06. The molecule has 1 aromatic carbocycles. The number of benzene rings is 1. The van der Waals surface area contributed by atoms with Crippen molar-refractivity contribution in [3.05, 3.63) is 55.7 Å². The third kappa shape index (κ3) is 3.47. The molecule has 0 fully saturated rings. The van der Waals surface area contributed by atoms with Crippen LogP contribution in [0.3, 0.4) is 0 Å². The summed E-state index contributed by atoms with van der Waals surface area (Å²) in [5.41, 5.74) is 0.228. The molecule has 3 rings (SSSR count). The maximum Gasteiger partial charge on any atom is 0.329 e. The van der Waals surface area contributed by atoms with Gasteiger partial charge < -0.3 is 4.57 Å². The fourth-order valence-electron chi connectivity index (χ4n) is 2.61. The highest BCUT2D eigenvalue weighted by Gasteiger charge is 2.18. The average Bonchev–Trinajstić information content (AvgIpc) is 2.98. The number of nitrogens with zero attached hydrogens (tertiary/aromatic N) is 3. The molecule has 0 unspecified atom stereocenters. The van der Waals surface area contributed by atoms with E-state index in [1.165, 1.54) is 16.3 Å². The number of aromatic amines is 1. The Kier molecular flexibility index (Phi) is 5.33. The standard InChI is InChI=1S/C17H17ClN4O3S/c1-3-8-22-13-14(21(2)16(25)20-15(13)24)19-17(22)26-9-12(23)10-4-6-11(18)7-5-10/h4-7H,3,8-9H2,1-2H3,(H,20,24,25). The Bertz CT molecular complexity index is 1080. The third-order valence-electron chi connectivity index (χ3n) is 3.92. The van der Waals surface area contributed by atoms with Crippen LogP contribution in [0.2, 0.25) is 5.02 Å². The highest BCUT2D eigenvalue weighted by atomic mass is 35.5. The highest BCUT2D eigenvalue weighted by molar-refractivity contribution is 7.99. The molecular formula is C17H17ClN4O3S. The number of carbonyl (C=O) groups excluding carboxylic acids is 1. The summed E-state index contributed by atoms with van der Waals surface area (Å²) >= 11 is 7.09. The second-order valence-electron chi connectivity index (χ2n) is 5.76. The Morgan fingerprint density at radius 2 is 1.96 bits per heavy atom. The number of Topliss-reactive ketones (excluding diaryl/α,β-unsaturated/α-hetero) is 1. The van der Waals surface area contributed by atoms with Gasteiger partial charge in [-0.1, -0.05) is 30.3 Å². The number of halogens is 1. The minimum Gasteiger partial charge on any atom is -0.313 e. The smallest absolute Gasteiger partial charge is 0.313 e. The molecule has 0 amide bonds. The fourth-order valence-corrected chi connectivity index (χ4v) is 3.65. The molecule has 0 bridgehead atoms. The molecule has 0 radical (unpaired) electrons. The van der Waals surface area contributed by atoms with Crippen molar-refractivity contribution in [2.45, 2.75) is 25.0 Å². The number of rotatable bonds is 6. The van der Waals surface area contributed by atoms with Gasteiger partial charge in [-0.2, -0.15) is 0 Å². The lowest BCUT2D eigenvalue weighted by Gasteiger charge is -2.06. The van der Waals surface area contributed by atoms with Crippen LogP contribution in [0.1, 0.15) is 23.7 Å². The van der Waals surface area contributed by atoms with Crippen LogP contribution in [0, 0.1) is 0 Å². The van der Waals surface area contributed by atoms with Gasteiger partial charge in [0.25, 0.3) is 5.56 Å². The van der Waals surface area contributed by atoms with Gasteiger partial charge in [0.15, 0.2) is 22.1 Å². The van der Waals surface area contributed by atoms with Crippen LogP contribution in [0.4, 0.5) is 0 Å². The first-order valence-corrected chi connectivity index (χ1v) is 9.39. The Labute approximate surface area is 158 Å². The molecule has 0 aliphatic rings. The predicted molar refractivity (Wildman–Crippen MR) is 102 cm³/mol. The van der Waals surface area contributed by atoms with Gasteiger partial charge >= 0.3 is 5.69 Å². The zero-order valence-electron chi connectivity index (χ0n) is 14.3. The number of ketones is 1. The second kappa shape index (κ2) is 7.51. The van der Waals surface area contributed by atoms with Gasteiger partial charge in [-0.25, -0.2) is 9.78 Å². The molecule has 3 aromatic rings. The predicted octanol–water partition coefficient (Wildman–Crippen LogP) is 2.46. The fraction of sp³-hybridized carbons (Fsp3) is 0.294. The summed E-state index contributed by atoms with van der Waals surface area (Å²) in [5, 5.41) is 1.11. The number of thioether (sulfide) groups is 1. The zero-order valence-corrected chi connectivity index (χ0v) is 15.9. The number of hydrogen-bond donors (Lipinski definition) is 1. The summed E-state index contributed by atoms with van der Waals surface area (Å²) in [4.78, 5) is 43.1. The maximum atomic E-state index is 12.4. The lowest BCUT2D eigenvalue weighted by Crippen LogP contribution is -2.29. The van der Waals surface area contributed by atoms with Crippen molar-refractivity contribution in [1.29, 1.82) is 0 Å². The van der Waals surface area contributed by atoms with Gasteiger partial charge in [-0.15, -0.1) is 0 Å². The Hall–Kier alpha value is -2.32. The van der Waals surface area contributed by atoms with Crippen LogP contribution in [-0.2, 0) is 13.6 Å². The number of imidazole rings is 1. The quantitative estimate of drug-likeness (QED) is 0.514. The van der Waals surface area contributed by atoms with Crippen molar-refractivity contribution in [2.75, 3.05) is 5.75 Å². The molecule has 2 aromatic heterocycles. The number of nitrogens with one attached hydrogen (secondary N) is 1. The minimum absolute atomic E-state index is 0.0652. The molecule has 0 aliphatic carbocycles. The van der Waals surface area contributed by atoms with E-state index in [9.17, 15) is 14.4 Å². The van der Waals surface area contributed by atoms with E-state index in [0.29, 0.717) is 33.5 Å². The van der Waals surface area contributed by atoms with Gasteiger partial charge in [0.2, 0.25) is 0 Å². The summed E-state index contributed by atoms with van der Waals surface area (Å²) in [5.74, 6) is 0.102. The molecule has 2 heterocycles. The number of H-pyrrole nitrogens is 1. The van der Waals surface area contributed by atoms with E-state index in [1.54, 1.807) is 35.9 Å². The van der Waals surface area contributed by atoms with Gasteiger partial charge in [0.05, 0.1) is 5.75 Å². The Balaban J connectivity index is 1.95. The molecule has 136 valence electrons. The Morgan fingerprint density at radius 1 is 1.27 bits per heavy atom. The Morgan fingerprint density at radius 3 is 2.62 bits per heavy atom. The summed E-state index contributed by atoms with van der Waals surface area (Å²) in [6, 6.07) is 6.69. The number of aryl methyl sites for hydroxylation is 2. The van der Waals surface area contributed by atoms with Crippen molar-refractivity contribution in [2.24, 2.45) is 7.05 Å². The molecule has 0 atom stereocenters. The van der Waals surface area contributed by atoms with Gasteiger partial charge in [0.1, 0.15) is 0 Å². The van der Waals surface area contributed by atoms with Crippen molar-refractivity contribution < 1.29 is 4.79 Å². The molecule has 7 nitrogen and oxygen atoms in total. The SMILES string of the molecule is CCCn1c(SCC(=O)c2ccc(Cl)cc2)nc2c1c(=O)[nH]c(=O)n2C. The zero-order chi connectivity index (χ0) is 18.8.